The highest BCUT2D eigenvalue weighted by molar-refractivity contribution is 9.10. The van der Waals surface area contributed by atoms with E-state index >= 15 is 0 Å². The van der Waals surface area contributed by atoms with Crippen LogP contribution in [-0.2, 0) is 0 Å². The van der Waals surface area contributed by atoms with E-state index in [-0.39, 0.29) is 36.2 Å². The first-order valence-corrected chi connectivity index (χ1v) is 7.79. The summed E-state index contributed by atoms with van der Waals surface area (Å²) in [4.78, 5) is 2.38. The second kappa shape index (κ2) is 7.79. The van der Waals surface area contributed by atoms with Crippen LogP contribution in [0.3, 0.4) is 0 Å². The molecule has 3 N–H and O–H groups in total. The predicted molar refractivity (Wildman–Crippen MR) is 91.1 cm³/mol. The molecule has 0 spiro atoms. The number of aliphatic hydroxyl groups is 1. The lowest BCUT2D eigenvalue weighted by atomic mass is 9.79. The molecule has 4 nitrogen and oxygen atoms in total. The van der Waals surface area contributed by atoms with Crippen molar-refractivity contribution in [3.8, 4) is 5.75 Å². The Kier molecular flexibility index (Phi) is 6.94. The number of phenolic OH excluding ortho intramolecular Hbond substituents is 1. The van der Waals surface area contributed by atoms with Gasteiger partial charge in [0.25, 0.3) is 0 Å². The number of aliphatic hydroxyl groups excluding tert-OH is 1. The van der Waals surface area contributed by atoms with Crippen molar-refractivity contribution >= 4 is 28.3 Å². The van der Waals surface area contributed by atoms with E-state index < -0.39 is 0 Å². The maximum absolute atomic E-state index is 9.81. The van der Waals surface area contributed by atoms with Crippen molar-refractivity contribution in [3.05, 3.63) is 28.2 Å². The predicted octanol–water partition coefficient (Wildman–Crippen LogP) is 2.54. The number of piperazine rings is 1. The van der Waals surface area contributed by atoms with Crippen LogP contribution < -0.4 is 5.32 Å². The topological polar surface area (TPSA) is 55.7 Å². The molecule has 0 unspecified atom stereocenters. The van der Waals surface area contributed by atoms with Gasteiger partial charge in [0.2, 0.25) is 0 Å². The summed E-state index contributed by atoms with van der Waals surface area (Å²) in [7, 11) is 0. The number of rotatable bonds is 4. The SMILES string of the molecule is CC(C)(CO)[C@@H](c1cc(O)ccc1Br)N1CCNCC1.Cl. The van der Waals surface area contributed by atoms with Gasteiger partial charge >= 0.3 is 0 Å². The summed E-state index contributed by atoms with van der Waals surface area (Å²) in [5.41, 5.74) is 0.749. The Bertz CT molecular complexity index is 465. The highest BCUT2D eigenvalue weighted by Crippen LogP contribution is 2.42. The Labute approximate surface area is 141 Å². The van der Waals surface area contributed by atoms with Crippen LogP contribution in [0.25, 0.3) is 0 Å². The highest BCUT2D eigenvalue weighted by atomic mass is 79.9. The molecule has 0 saturated carbocycles. The number of nitrogens with one attached hydrogen (secondary N) is 1. The monoisotopic (exact) mass is 378 g/mol. The maximum Gasteiger partial charge on any atom is 0.115 e. The number of phenols is 1. The molecule has 1 aromatic rings. The number of hydrogen-bond donors (Lipinski definition) is 3. The van der Waals surface area contributed by atoms with Crippen LogP contribution in [-0.4, -0.2) is 47.9 Å². The van der Waals surface area contributed by atoms with Gasteiger partial charge in [-0.2, -0.15) is 0 Å². The molecule has 1 atom stereocenters. The molecule has 1 heterocycles. The van der Waals surface area contributed by atoms with Gasteiger partial charge in [0.15, 0.2) is 0 Å². The number of aromatic hydroxyl groups is 1. The summed E-state index contributed by atoms with van der Waals surface area (Å²) in [5, 5.41) is 23.0. The Morgan fingerprint density at radius 3 is 2.52 bits per heavy atom. The average molecular weight is 380 g/mol. The van der Waals surface area contributed by atoms with Crippen molar-refractivity contribution in [2.75, 3.05) is 32.8 Å². The van der Waals surface area contributed by atoms with Gasteiger partial charge in [-0.05, 0) is 23.8 Å². The van der Waals surface area contributed by atoms with Crippen LogP contribution in [0.15, 0.2) is 22.7 Å². The van der Waals surface area contributed by atoms with Crippen LogP contribution in [0.4, 0.5) is 0 Å². The summed E-state index contributed by atoms with van der Waals surface area (Å²) in [5.74, 6) is 0.261. The van der Waals surface area contributed by atoms with Crippen LogP contribution >= 0.6 is 28.3 Å². The average Bonchev–Trinajstić information content (AvgIpc) is 2.44. The molecule has 1 aliphatic heterocycles. The third-order valence-corrected chi connectivity index (χ3v) is 4.66. The van der Waals surface area contributed by atoms with Gasteiger partial charge in [-0.3, -0.25) is 4.90 Å². The van der Waals surface area contributed by atoms with Gasteiger partial charge in [0.1, 0.15) is 5.75 Å². The molecule has 0 bridgehead atoms. The number of hydrogen-bond acceptors (Lipinski definition) is 4. The molecule has 21 heavy (non-hydrogen) atoms. The fourth-order valence-electron chi connectivity index (χ4n) is 2.88. The van der Waals surface area contributed by atoms with Crippen LogP contribution in [0.5, 0.6) is 5.75 Å². The smallest absolute Gasteiger partial charge is 0.115 e. The van der Waals surface area contributed by atoms with Gasteiger partial charge in [0, 0.05) is 48.7 Å². The van der Waals surface area contributed by atoms with Crippen LogP contribution in [0, 0.1) is 5.41 Å². The second-order valence-corrected chi connectivity index (χ2v) is 6.90. The van der Waals surface area contributed by atoms with E-state index in [2.05, 4.69) is 40.0 Å². The zero-order valence-electron chi connectivity index (χ0n) is 12.5. The standard InChI is InChI=1S/C15H23BrN2O2.ClH/c1-15(2,10-19)14(18-7-5-17-6-8-18)12-9-11(20)3-4-13(12)16;/h3-4,9,14,17,19-20H,5-8,10H2,1-2H3;1H/t14-;/m1./s1. The Morgan fingerprint density at radius 2 is 1.95 bits per heavy atom. The number of halogens is 2. The highest BCUT2D eigenvalue weighted by Gasteiger charge is 2.36. The van der Waals surface area contributed by atoms with Gasteiger partial charge < -0.3 is 15.5 Å². The molecule has 6 heteroatoms. The summed E-state index contributed by atoms with van der Waals surface area (Å²) in [6.45, 7) is 8.02. The Morgan fingerprint density at radius 1 is 1.33 bits per heavy atom. The van der Waals surface area contributed by atoms with Crippen LogP contribution in [0.2, 0.25) is 0 Å². The molecular weight excluding hydrogens is 356 g/mol. The molecule has 120 valence electrons. The molecular formula is C15H24BrClN2O2. The fourth-order valence-corrected chi connectivity index (χ4v) is 3.34. The van der Waals surface area contributed by atoms with Gasteiger partial charge in [-0.1, -0.05) is 29.8 Å². The fraction of sp³-hybridized carbons (Fsp3) is 0.600. The largest absolute Gasteiger partial charge is 0.508 e. The Hall–Kier alpha value is -0.330. The Balaban J connectivity index is 0.00000220. The lowest BCUT2D eigenvalue weighted by Gasteiger charge is -2.43. The summed E-state index contributed by atoms with van der Waals surface area (Å²) in [6.07, 6.45) is 0. The van der Waals surface area contributed by atoms with E-state index in [0.29, 0.717) is 0 Å². The molecule has 0 aromatic heterocycles. The van der Waals surface area contributed by atoms with E-state index in [1.54, 1.807) is 12.1 Å². The lowest BCUT2D eigenvalue weighted by molar-refractivity contribution is 0.0300. The lowest BCUT2D eigenvalue weighted by Crippen LogP contribution is -2.49. The summed E-state index contributed by atoms with van der Waals surface area (Å²) >= 11 is 3.58. The summed E-state index contributed by atoms with van der Waals surface area (Å²) in [6, 6.07) is 5.41. The minimum Gasteiger partial charge on any atom is -0.508 e. The van der Waals surface area contributed by atoms with E-state index in [1.165, 1.54) is 0 Å². The van der Waals surface area contributed by atoms with Gasteiger partial charge in [-0.15, -0.1) is 12.4 Å². The van der Waals surface area contributed by atoms with Gasteiger partial charge in [0.05, 0.1) is 0 Å². The van der Waals surface area contributed by atoms with Gasteiger partial charge in [-0.25, -0.2) is 0 Å². The van der Waals surface area contributed by atoms with Crippen molar-refractivity contribution in [2.24, 2.45) is 5.41 Å². The van der Waals surface area contributed by atoms with E-state index in [9.17, 15) is 10.2 Å². The van der Waals surface area contributed by atoms with E-state index in [4.69, 9.17) is 0 Å². The van der Waals surface area contributed by atoms with E-state index in [1.807, 2.05) is 6.07 Å². The first kappa shape index (κ1) is 18.7. The molecule has 2 rings (SSSR count). The van der Waals surface area contributed by atoms with Crippen molar-refractivity contribution in [3.63, 3.8) is 0 Å². The van der Waals surface area contributed by atoms with Crippen molar-refractivity contribution in [1.29, 1.82) is 0 Å². The quantitative estimate of drug-likeness (QED) is 0.752. The summed E-state index contributed by atoms with van der Waals surface area (Å²) < 4.78 is 0.973. The minimum absolute atomic E-state index is 0. The van der Waals surface area contributed by atoms with Crippen LogP contribution in [0.1, 0.15) is 25.5 Å². The molecule has 1 aliphatic rings. The normalized spacial score (nSPS) is 18.1. The second-order valence-electron chi connectivity index (χ2n) is 6.04. The van der Waals surface area contributed by atoms with Crippen molar-refractivity contribution in [1.82, 2.24) is 10.2 Å². The molecule has 1 fully saturated rings. The molecule has 0 aliphatic carbocycles. The van der Waals surface area contributed by atoms with E-state index in [0.717, 1.165) is 36.2 Å². The molecule has 1 aromatic carbocycles. The molecule has 0 amide bonds. The molecule has 0 radical (unpaired) electrons. The number of nitrogens with zero attached hydrogens (tertiary/aromatic N) is 1. The third kappa shape index (κ3) is 4.33. The number of benzene rings is 1. The maximum atomic E-state index is 9.81. The zero-order valence-corrected chi connectivity index (χ0v) is 14.9. The first-order valence-electron chi connectivity index (χ1n) is 7.00. The molecule has 1 saturated heterocycles. The minimum atomic E-state index is -0.284. The van der Waals surface area contributed by atoms with Crippen molar-refractivity contribution in [2.45, 2.75) is 19.9 Å². The first-order chi connectivity index (χ1) is 9.45. The van der Waals surface area contributed by atoms with Crippen molar-refractivity contribution < 1.29 is 10.2 Å². The zero-order chi connectivity index (χ0) is 14.8. The third-order valence-electron chi connectivity index (χ3n) is 3.94.